The minimum Gasteiger partial charge on any atom is -0.466 e. The molecule has 0 radical (unpaired) electrons. The van der Waals surface area contributed by atoms with Crippen LogP contribution in [0, 0.1) is 5.92 Å². The standard InChI is InChI=1S/C17H27N5O2/c1-2-24-17(23)13-4-3-7-22(12-13)14-5-8-21(9-6-14)16-11-19-10-15(18)20-16/h10-11,13-14H,2-9,12H2,1H3,(H2,18,20). The van der Waals surface area contributed by atoms with Gasteiger partial charge in [-0.15, -0.1) is 0 Å². The molecule has 2 aliphatic heterocycles. The maximum Gasteiger partial charge on any atom is 0.310 e. The molecule has 2 aliphatic rings. The second-order valence-electron chi connectivity index (χ2n) is 6.61. The zero-order valence-corrected chi connectivity index (χ0v) is 14.4. The summed E-state index contributed by atoms with van der Waals surface area (Å²) in [5.74, 6) is 1.32. The second kappa shape index (κ2) is 7.79. The minimum absolute atomic E-state index is 0.0327. The van der Waals surface area contributed by atoms with Gasteiger partial charge in [0.2, 0.25) is 0 Å². The molecule has 1 unspecified atom stereocenters. The quantitative estimate of drug-likeness (QED) is 0.831. The number of rotatable bonds is 4. The van der Waals surface area contributed by atoms with Crippen LogP contribution in [0.1, 0.15) is 32.6 Å². The summed E-state index contributed by atoms with van der Waals surface area (Å²) in [5, 5.41) is 0. The lowest BCUT2D eigenvalue weighted by atomic mass is 9.94. The van der Waals surface area contributed by atoms with E-state index in [1.165, 1.54) is 0 Å². The van der Waals surface area contributed by atoms with E-state index in [9.17, 15) is 4.79 Å². The molecule has 7 nitrogen and oxygen atoms in total. The molecule has 1 aromatic heterocycles. The number of carbonyl (C=O) groups excluding carboxylic acids is 1. The molecule has 3 heterocycles. The van der Waals surface area contributed by atoms with E-state index < -0.39 is 0 Å². The van der Waals surface area contributed by atoms with Crippen LogP contribution in [0.4, 0.5) is 11.6 Å². The van der Waals surface area contributed by atoms with Gasteiger partial charge in [0.25, 0.3) is 0 Å². The third-order valence-electron chi connectivity index (χ3n) is 5.02. The molecule has 2 fully saturated rings. The van der Waals surface area contributed by atoms with Crippen LogP contribution in [0.2, 0.25) is 0 Å². The van der Waals surface area contributed by atoms with Gasteiger partial charge in [-0.3, -0.25) is 14.7 Å². The van der Waals surface area contributed by atoms with Gasteiger partial charge >= 0.3 is 5.97 Å². The number of esters is 1. The number of hydrogen-bond acceptors (Lipinski definition) is 7. The highest BCUT2D eigenvalue weighted by atomic mass is 16.5. The highest BCUT2D eigenvalue weighted by Gasteiger charge is 2.32. The third-order valence-corrected chi connectivity index (χ3v) is 5.02. The predicted octanol–water partition coefficient (Wildman–Crippen LogP) is 1.30. The van der Waals surface area contributed by atoms with E-state index in [1.54, 1.807) is 12.4 Å². The summed E-state index contributed by atoms with van der Waals surface area (Å²) in [6.45, 7) is 6.15. The Hall–Kier alpha value is -1.89. The fourth-order valence-electron chi connectivity index (χ4n) is 3.77. The Labute approximate surface area is 143 Å². The zero-order chi connectivity index (χ0) is 16.9. The molecular formula is C17H27N5O2. The van der Waals surface area contributed by atoms with Crippen molar-refractivity contribution in [2.24, 2.45) is 5.92 Å². The number of nitrogens with two attached hydrogens (primary N) is 1. The molecule has 1 atom stereocenters. The molecule has 0 bridgehead atoms. The summed E-state index contributed by atoms with van der Waals surface area (Å²) < 4.78 is 5.20. The molecule has 0 aromatic carbocycles. The van der Waals surface area contributed by atoms with Gasteiger partial charge in [0, 0.05) is 25.7 Å². The largest absolute Gasteiger partial charge is 0.466 e. The van der Waals surface area contributed by atoms with Gasteiger partial charge in [-0.2, -0.15) is 0 Å². The Kier molecular flexibility index (Phi) is 5.50. The van der Waals surface area contributed by atoms with Crippen molar-refractivity contribution < 1.29 is 9.53 Å². The summed E-state index contributed by atoms with van der Waals surface area (Å²) in [6, 6.07) is 0.535. The van der Waals surface area contributed by atoms with E-state index in [0.29, 0.717) is 18.5 Å². The van der Waals surface area contributed by atoms with Crippen LogP contribution in [-0.4, -0.2) is 59.7 Å². The van der Waals surface area contributed by atoms with Crippen LogP contribution in [0.5, 0.6) is 0 Å². The van der Waals surface area contributed by atoms with Crippen molar-refractivity contribution in [2.75, 3.05) is 43.4 Å². The molecule has 0 amide bonds. The number of aromatic nitrogens is 2. The number of piperidine rings is 2. The van der Waals surface area contributed by atoms with Crippen molar-refractivity contribution in [1.82, 2.24) is 14.9 Å². The second-order valence-corrected chi connectivity index (χ2v) is 6.61. The highest BCUT2D eigenvalue weighted by molar-refractivity contribution is 5.72. The zero-order valence-electron chi connectivity index (χ0n) is 14.4. The van der Waals surface area contributed by atoms with Crippen molar-refractivity contribution in [1.29, 1.82) is 0 Å². The van der Waals surface area contributed by atoms with Crippen molar-refractivity contribution in [2.45, 2.75) is 38.6 Å². The lowest BCUT2D eigenvalue weighted by Crippen LogP contribution is -2.49. The predicted molar refractivity (Wildman–Crippen MR) is 92.6 cm³/mol. The van der Waals surface area contributed by atoms with E-state index in [1.807, 2.05) is 6.92 Å². The molecule has 7 heteroatoms. The first-order valence-electron chi connectivity index (χ1n) is 8.90. The average molecular weight is 333 g/mol. The number of nitrogens with zero attached hydrogens (tertiary/aromatic N) is 4. The Morgan fingerprint density at radius 1 is 1.29 bits per heavy atom. The fourth-order valence-corrected chi connectivity index (χ4v) is 3.77. The maximum absolute atomic E-state index is 12.0. The Balaban J connectivity index is 1.53. The Morgan fingerprint density at radius 3 is 2.79 bits per heavy atom. The summed E-state index contributed by atoms with van der Waals surface area (Å²) in [7, 11) is 0. The number of nitrogen functional groups attached to an aromatic ring is 1. The molecule has 0 spiro atoms. The lowest BCUT2D eigenvalue weighted by Gasteiger charge is -2.42. The van der Waals surface area contributed by atoms with Crippen LogP contribution in [0.15, 0.2) is 12.4 Å². The molecule has 2 N–H and O–H groups in total. The maximum atomic E-state index is 12.0. The van der Waals surface area contributed by atoms with E-state index in [0.717, 1.165) is 57.7 Å². The number of anilines is 2. The molecular weight excluding hydrogens is 306 g/mol. The van der Waals surface area contributed by atoms with Gasteiger partial charge in [0.15, 0.2) is 0 Å². The van der Waals surface area contributed by atoms with E-state index >= 15 is 0 Å². The molecule has 24 heavy (non-hydrogen) atoms. The first-order valence-corrected chi connectivity index (χ1v) is 8.90. The number of carbonyl (C=O) groups is 1. The molecule has 0 saturated carbocycles. The van der Waals surface area contributed by atoms with Crippen molar-refractivity contribution >= 4 is 17.6 Å². The summed E-state index contributed by atoms with van der Waals surface area (Å²) in [5.41, 5.74) is 5.73. The van der Waals surface area contributed by atoms with Crippen LogP contribution in [0.25, 0.3) is 0 Å². The van der Waals surface area contributed by atoms with Gasteiger partial charge in [-0.1, -0.05) is 0 Å². The smallest absolute Gasteiger partial charge is 0.310 e. The SMILES string of the molecule is CCOC(=O)C1CCCN(C2CCN(c3cncc(N)n3)CC2)C1. The Bertz CT molecular complexity index is 560. The topological polar surface area (TPSA) is 84.6 Å². The molecule has 132 valence electrons. The number of ether oxygens (including phenoxy) is 1. The van der Waals surface area contributed by atoms with Crippen molar-refractivity contribution in [3.63, 3.8) is 0 Å². The summed E-state index contributed by atoms with van der Waals surface area (Å²) in [6.07, 6.45) is 7.52. The van der Waals surface area contributed by atoms with Crippen LogP contribution < -0.4 is 10.6 Å². The molecule has 1 aromatic rings. The van der Waals surface area contributed by atoms with Gasteiger partial charge in [0.1, 0.15) is 11.6 Å². The number of likely N-dealkylation sites (tertiary alicyclic amines) is 1. The van der Waals surface area contributed by atoms with Gasteiger partial charge in [-0.25, -0.2) is 4.98 Å². The molecule has 2 saturated heterocycles. The molecule has 3 rings (SSSR count). The van der Waals surface area contributed by atoms with Crippen molar-refractivity contribution in [3.05, 3.63) is 12.4 Å². The van der Waals surface area contributed by atoms with Gasteiger partial charge in [-0.05, 0) is 39.2 Å². The molecule has 0 aliphatic carbocycles. The summed E-state index contributed by atoms with van der Waals surface area (Å²) >= 11 is 0. The first-order chi connectivity index (χ1) is 11.7. The van der Waals surface area contributed by atoms with Crippen LogP contribution in [0.3, 0.4) is 0 Å². The monoisotopic (exact) mass is 333 g/mol. The van der Waals surface area contributed by atoms with Crippen LogP contribution >= 0.6 is 0 Å². The van der Waals surface area contributed by atoms with Crippen molar-refractivity contribution in [3.8, 4) is 0 Å². The lowest BCUT2D eigenvalue weighted by molar-refractivity contribution is -0.150. The van der Waals surface area contributed by atoms with E-state index in [2.05, 4.69) is 19.8 Å². The minimum atomic E-state index is -0.0327. The van der Waals surface area contributed by atoms with E-state index in [-0.39, 0.29) is 11.9 Å². The summed E-state index contributed by atoms with van der Waals surface area (Å²) in [4.78, 5) is 25.2. The average Bonchev–Trinajstić information content (AvgIpc) is 2.62. The van der Waals surface area contributed by atoms with E-state index in [4.69, 9.17) is 10.5 Å². The Morgan fingerprint density at radius 2 is 2.08 bits per heavy atom. The third kappa shape index (κ3) is 3.95. The van der Waals surface area contributed by atoms with Gasteiger partial charge < -0.3 is 15.4 Å². The van der Waals surface area contributed by atoms with Gasteiger partial charge in [0.05, 0.1) is 24.9 Å². The highest BCUT2D eigenvalue weighted by Crippen LogP contribution is 2.26. The number of hydrogen-bond donors (Lipinski definition) is 1. The first kappa shape index (κ1) is 17.0. The normalized spacial score (nSPS) is 23.2. The fraction of sp³-hybridized carbons (Fsp3) is 0.706. The van der Waals surface area contributed by atoms with Crippen LogP contribution in [-0.2, 0) is 9.53 Å².